The summed E-state index contributed by atoms with van der Waals surface area (Å²) in [5, 5.41) is 19.7. The van der Waals surface area contributed by atoms with Gasteiger partial charge < -0.3 is 10.2 Å². The fraction of sp³-hybridized carbons (Fsp3) is 0.647. The van der Waals surface area contributed by atoms with E-state index in [2.05, 4.69) is 11.8 Å². The zero-order chi connectivity index (χ0) is 13.4. The Labute approximate surface area is 122 Å². The number of rotatable bonds is 2. The van der Waals surface area contributed by atoms with E-state index in [-0.39, 0.29) is 18.9 Å². The first kappa shape index (κ1) is 15.2. The number of hydrogen-bond acceptors (Lipinski definition) is 3. The van der Waals surface area contributed by atoms with Crippen LogP contribution < -0.4 is 0 Å². The van der Waals surface area contributed by atoms with Crippen molar-refractivity contribution < 1.29 is 10.2 Å². The van der Waals surface area contributed by atoms with Crippen molar-refractivity contribution in [2.45, 2.75) is 52.5 Å². The second-order valence-corrected chi connectivity index (χ2v) is 5.98. The minimum absolute atomic E-state index is 0. The number of phenols is 2. The summed E-state index contributed by atoms with van der Waals surface area (Å²) in [4.78, 5) is 2.63. The van der Waals surface area contributed by atoms with Gasteiger partial charge in [-0.15, -0.1) is 0 Å². The predicted molar refractivity (Wildman–Crippen MR) is 82.3 cm³/mol. The van der Waals surface area contributed by atoms with Gasteiger partial charge in [0.1, 0.15) is 0 Å². The Bertz CT molecular complexity index is 470. The van der Waals surface area contributed by atoms with Crippen molar-refractivity contribution in [3.05, 3.63) is 23.3 Å². The molecule has 0 unspecified atom stereocenters. The van der Waals surface area contributed by atoms with Gasteiger partial charge in [-0.3, -0.25) is 4.90 Å². The molecule has 3 nitrogen and oxygen atoms in total. The van der Waals surface area contributed by atoms with Crippen molar-refractivity contribution in [3.8, 4) is 11.5 Å². The molecule has 1 heterocycles. The summed E-state index contributed by atoms with van der Waals surface area (Å²) < 4.78 is 0. The van der Waals surface area contributed by atoms with Crippen LogP contribution in [0.25, 0.3) is 0 Å². The molecule has 1 saturated heterocycles. The highest BCUT2D eigenvalue weighted by molar-refractivity contribution is 5.50. The maximum Gasteiger partial charge on any atom is 0.160 e. The van der Waals surface area contributed by atoms with Crippen LogP contribution >= 0.6 is 0 Å². The van der Waals surface area contributed by atoms with E-state index in [0.29, 0.717) is 12.0 Å². The smallest absolute Gasteiger partial charge is 0.160 e. The SMILES string of the molecule is C.CCCN1CCC[C@@H]2Cc3c(ccc(O)c3O)C[C@H]21. The third-order valence-corrected chi connectivity index (χ3v) is 4.80. The van der Waals surface area contributed by atoms with Crippen LogP contribution in [0.3, 0.4) is 0 Å². The van der Waals surface area contributed by atoms with Crippen LogP contribution in [0.1, 0.15) is 44.7 Å². The Morgan fingerprint density at radius 1 is 1.25 bits per heavy atom. The fourth-order valence-electron chi connectivity index (χ4n) is 3.88. The lowest BCUT2D eigenvalue weighted by molar-refractivity contribution is 0.0848. The van der Waals surface area contributed by atoms with Gasteiger partial charge >= 0.3 is 0 Å². The Morgan fingerprint density at radius 3 is 2.80 bits per heavy atom. The van der Waals surface area contributed by atoms with Crippen molar-refractivity contribution in [1.82, 2.24) is 4.90 Å². The summed E-state index contributed by atoms with van der Waals surface area (Å²) in [5.41, 5.74) is 2.21. The molecular formula is C17H27NO2. The molecule has 3 heteroatoms. The van der Waals surface area contributed by atoms with E-state index in [4.69, 9.17) is 0 Å². The van der Waals surface area contributed by atoms with E-state index in [1.807, 2.05) is 6.07 Å². The summed E-state index contributed by atoms with van der Waals surface area (Å²) in [7, 11) is 0. The number of aromatic hydroxyl groups is 2. The molecule has 112 valence electrons. The summed E-state index contributed by atoms with van der Waals surface area (Å²) in [6.07, 6.45) is 5.65. The van der Waals surface area contributed by atoms with E-state index >= 15 is 0 Å². The molecule has 2 aliphatic rings. The second-order valence-electron chi connectivity index (χ2n) is 5.98. The van der Waals surface area contributed by atoms with Crippen LogP contribution in [0.15, 0.2) is 12.1 Å². The molecule has 0 spiro atoms. The van der Waals surface area contributed by atoms with E-state index in [1.165, 1.54) is 37.9 Å². The van der Waals surface area contributed by atoms with E-state index in [1.54, 1.807) is 6.07 Å². The van der Waals surface area contributed by atoms with Gasteiger partial charge in [0, 0.05) is 11.6 Å². The topological polar surface area (TPSA) is 43.7 Å². The minimum Gasteiger partial charge on any atom is -0.504 e. The van der Waals surface area contributed by atoms with Gasteiger partial charge in [-0.05, 0) is 62.7 Å². The van der Waals surface area contributed by atoms with Crippen molar-refractivity contribution in [2.75, 3.05) is 13.1 Å². The fourth-order valence-corrected chi connectivity index (χ4v) is 3.88. The third-order valence-electron chi connectivity index (χ3n) is 4.80. The number of benzene rings is 1. The van der Waals surface area contributed by atoms with Crippen molar-refractivity contribution in [1.29, 1.82) is 0 Å². The monoisotopic (exact) mass is 277 g/mol. The first-order valence-electron chi connectivity index (χ1n) is 7.47. The number of nitrogens with zero attached hydrogens (tertiary/aromatic N) is 1. The Balaban J connectivity index is 0.00000147. The molecule has 0 aromatic heterocycles. The largest absolute Gasteiger partial charge is 0.504 e. The first-order chi connectivity index (χ1) is 9.20. The van der Waals surface area contributed by atoms with Crippen molar-refractivity contribution in [3.63, 3.8) is 0 Å². The van der Waals surface area contributed by atoms with Crippen LogP contribution in [-0.2, 0) is 12.8 Å². The molecule has 1 fully saturated rings. The van der Waals surface area contributed by atoms with Crippen LogP contribution in [-0.4, -0.2) is 34.2 Å². The van der Waals surface area contributed by atoms with Gasteiger partial charge in [-0.1, -0.05) is 20.4 Å². The Morgan fingerprint density at radius 2 is 2.05 bits per heavy atom. The second kappa shape index (κ2) is 6.04. The molecule has 3 rings (SSSR count). The Kier molecular flexibility index (Phi) is 4.59. The molecule has 1 aromatic rings. The lowest BCUT2D eigenvalue weighted by atomic mass is 9.75. The molecule has 0 saturated carbocycles. The van der Waals surface area contributed by atoms with Gasteiger partial charge in [0.05, 0.1) is 0 Å². The molecule has 2 N–H and O–H groups in total. The van der Waals surface area contributed by atoms with E-state index < -0.39 is 0 Å². The van der Waals surface area contributed by atoms with Gasteiger partial charge in [-0.25, -0.2) is 0 Å². The van der Waals surface area contributed by atoms with Crippen LogP contribution in [0.2, 0.25) is 0 Å². The normalized spacial score (nSPS) is 25.4. The highest BCUT2D eigenvalue weighted by Gasteiger charge is 2.36. The Hall–Kier alpha value is -1.22. The van der Waals surface area contributed by atoms with Gasteiger partial charge in [0.15, 0.2) is 11.5 Å². The molecule has 1 aliphatic heterocycles. The summed E-state index contributed by atoms with van der Waals surface area (Å²) >= 11 is 0. The van der Waals surface area contributed by atoms with Crippen LogP contribution in [0, 0.1) is 5.92 Å². The van der Waals surface area contributed by atoms with Crippen LogP contribution in [0.5, 0.6) is 11.5 Å². The number of fused-ring (bicyclic) bond motifs is 2. The molecule has 0 bridgehead atoms. The number of phenolic OH excluding ortho intramolecular Hbond substituents is 2. The quantitative estimate of drug-likeness (QED) is 0.815. The number of piperidine rings is 1. The minimum atomic E-state index is 0. The zero-order valence-corrected chi connectivity index (χ0v) is 11.6. The summed E-state index contributed by atoms with van der Waals surface area (Å²) in [6, 6.07) is 4.24. The van der Waals surface area contributed by atoms with Gasteiger partial charge in [0.25, 0.3) is 0 Å². The summed E-state index contributed by atoms with van der Waals surface area (Å²) in [5.74, 6) is 0.780. The molecule has 2 atom stereocenters. The molecule has 1 aromatic carbocycles. The molecule has 1 aliphatic carbocycles. The first-order valence-corrected chi connectivity index (χ1v) is 7.47. The average molecular weight is 277 g/mol. The lowest BCUT2D eigenvalue weighted by Crippen LogP contribution is -2.49. The van der Waals surface area contributed by atoms with Crippen LogP contribution in [0.4, 0.5) is 0 Å². The van der Waals surface area contributed by atoms with E-state index in [9.17, 15) is 10.2 Å². The molecule has 0 amide bonds. The standard InChI is InChI=1S/C16H23NO2.CH4/c1-2-7-17-8-3-4-12-9-13-11(10-14(12)17)5-6-15(18)16(13)19;/h5-6,12,14,18-19H,2-4,7-10H2,1H3;1H4/t12-,14-;/m1./s1. The zero-order valence-electron chi connectivity index (χ0n) is 11.6. The highest BCUT2D eigenvalue weighted by atomic mass is 16.3. The molecule has 20 heavy (non-hydrogen) atoms. The van der Waals surface area contributed by atoms with Gasteiger partial charge in [-0.2, -0.15) is 0 Å². The molecular weight excluding hydrogens is 250 g/mol. The lowest BCUT2D eigenvalue weighted by Gasteiger charge is -2.44. The summed E-state index contributed by atoms with van der Waals surface area (Å²) in [6.45, 7) is 4.64. The predicted octanol–water partition coefficient (Wildman–Crippen LogP) is 3.32. The maximum atomic E-state index is 10.0. The van der Waals surface area contributed by atoms with Crippen molar-refractivity contribution in [2.24, 2.45) is 5.92 Å². The maximum absolute atomic E-state index is 10.0. The third kappa shape index (κ3) is 2.51. The number of likely N-dealkylation sites (tertiary alicyclic amines) is 1. The van der Waals surface area contributed by atoms with Gasteiger partial charge in [0.2, 0.25) is 0 Å². The molecule has 0 radical (unpaired) electrons. The average Bonchev–Trinajstić information content (AvgIpc) is 2.42. The van der Waals surface area contributed by atoms with E-state index in [0.717, 1.165) is 18.4 Å². The van der Waals surface area contributed by atoms with Crippen molar-refractivity contribution >= 4 is 0 Å². The highest BCUT2D eigenvalue weighted by Crippen LogP contribution is 2.41. The number of hydrogen-bond donors (Lipinski definition) is 2.